The van der Waals surface area contributed by atoms with Crippen LogP contribution in [-0.4, -0.2) is 6.54 Å². The zero-order chi connectivity index (χ0) is 11.3. The third-order valence-electron chi connectivity index (χ3n) is 2.13. The van der Waals surface area contributed by atoms with Gasteiger partial charge in [-0.2, -0.15) is 0 Å². The molecule has 0 aliphatic rings. The number of hydrogen-bond donors (Lipinski definition) is 1. The number of hydrogen-bond acceptors (Lipinski definition) is 1. The molecule has 0 radical (unpaired) electrons. The van der Waals surface area contributed by atoms with Crippen LogP contribution in [0.2, 0.25) is 0 Å². The number of allylic oxidation sites excluding steroid dienone is 1. The Kier molecular flexibility index (Phi) is 5.32. The standard InChI is InChI=1S/C13H18IN/c1-4-15-13(8-10(2)3)11-6-5-7-12(14)9-11/h5-9,13,15H,4H2,1-3H3. The number of benzene rings is 1. The molecule has 0 aliphatic carbocycles. The second-order valence-corrected chi connectivity index (χ2v) is 5.08. The van der Waals surface area contributed by atoms with Crippen LogP contribution in [0.4, 0.5) is 0 Å². The molecule has 1 rings (SSSR count). The van der Waals surface area contributed by atoms with Gasteiger partial charge in [0.1, 0.15) is 0 Å². The maximum Gasteiger partial charge on any atom is 0.0508 e. The molecule has 15 heavy (non-hydrogen) atoms. The smallest absolute Gasteiger partial charge is 0.0508 e. The fraction of sp³-hybridized carbons (Fsp3) is 0.385. The lowest BCUT2D eigenvalue weighted by Crippen LogP contribution is -2.19. The molecule has 0 aliphatic heterocycles. The average molecular weight is 315 g/mol. The van der Waals surface area contributed by atoms with E-state index in [0.29, 0.717) is 6.04 Å². The first-order chi connectivity index (χ1) is 7.13. The molecule has 1 aromatic rings. The molecule has 0 bridgehead atoms. The normalized spacial score (nSPS) is 12.3. The fourth-order valence-electron chi connectivity index (χ4n) is 1.53. The fourth-order valence-corrected chi connectivity index (χ4v) is 2.09. The molecule has 1 unspecified atom stereocenters. The Morgan fingerprint density at radius 1 is 1.47 bits per heavy atom. The van der Waals surface area contributed by atoms with Crippen molar-refractivity contribution in [2.45, 2.75) is 26.8 Å². The number of halogens is 1. The topological polar surface area (TPSA) is 12.0 Å². The molecule has 0 saturated heterocycles. The van der Waals surface area contributed by atoms with Crippen LogP contribution in [-0.2, 0) is 0 Å². The SMILES string of the molecule is CCNC(C=C(C)C)c1cccc(I)c1. The Hall–Kier alpha value is -0.350. The van der Waals surface area contributed by atoms with Crippen LogP contribution in [0.1, 0.15) is 32.4 Å². The van der Waals surface area contributed by atoms with Crippen LogP contribution in [0.5, 0.6) is 0 Å². The van der Waals surface area contributed by atoms with Crippen molar-refractivity contribution < 1.29 is 0 Å². The molecule has 0 aromatic heterocycles. The molecule has 0 fully saturated rings. The van der Waals surface area contributed by atoms with Crippen LogP contribution in [0.15, 0.2) is 35.9 Å². The van der Waals surface area contributed by atoms with Gasteiger partial charge in [-0.1, -0.05) is 30.7 Å². The summed E-state index contributed by atoms with van der Waals surface area (Å²) in [6, 6.07) is 8.98. The summed E-state index contributed by atoms with van der Waals surface area (Å²) in [6.07, 6.45) is 2.27. The Morgan fingerprint density at radius 2 is 2.20 bits per heavy atom. The summed E-state index contributed by atoms with van der Waals surface area (Å²) in [5, 5.41) is 3.48. The first-order valence-corrected chi connectivity index (χ1v) is 6.35. The molecule has 1 N–H and O–H groups in total. The van der Waals surface area contributed by atoms with Crippen molar-refractivity contribution in [2.24, 2.45) is 0 Å². The highest BCUT2D eigenvalue weighted by Gasteiger charge is 2.06. The van der Waals surface area contributed by atoms with Gasteiger partial charge in [0.05, 0.1) is 6.04 Å². The molecule has 0 amide bonds. The Balaban J connectivity index is 2.93. The molecule has 0 spiro atoms. The summed E-state index contributed by atoms with van der Waals surface area (Å²) in [4.78, 5) is 0. The van der Waals surface area contributed by atoms with Crippen molar-refractivity contribution >= 4 is 22.6 Å². The van der Waals surface area contributed by atoms with Crippen LogP contribution in [0.3, 0.4) is 0 Å². The van der Waals surface area contributed by atoms with Crippen molar-refractivity contribution in [3.05, 3.63) is 45.0 Å². The van der Waals surface area contributed by atoms with E-state index in [2.05, 4.69) is 79.0 Å². The second-order valence-electron chi connectivity index (χ2n) is 3.83. The van der Waals surface area contributed by atoms with Crippen molar-refractivity contribution in [3.63, 3.8) is 0 Å². The second kappa shape index (κ2) is 6.28. The van der Waals surface area contributed by atoms with E-state index in [1.165, 1.54) is 14.7 Å². The van der Waals surface area contributed by atoms with E-state index < -0.39 is 0 Å². The van der Waals surface area contributed by atoms with E-state index in [-0.39, 0.29) is 0 Å². The van der Waals surface area contributed by atoms with E-state index >= 15 is 0 Å². The zero-order valence-electron chi connectivity index (χ0n) is 9.55. The Labute approximate surface area is 106 Å². The average Bonchev–Trinajstić information content (AvgIpc) is 2.16. The summed E-state index contributed by atoms with van der Waals surface area (Å²) in [6.45, 7) is 7.40. The van der Waals surface area contributed by atoms with Crippen LogP contribution in [0.25, 0.3) is 0 Å². The van der Waals surface area contributed by atoms with Gasteiger partial charge in [0.2, 0.25) is 0 Å². The summed E-state index contributed by atoms with van der Waals surface area (Å²) in [7, 11) is 0. The minimum atomic E-state index is 0.342. The predicted octanol–water partition coefficient (Wildman–Crippen LogP) is 3.91. The first kappa shape index (κ1) is 12.7. The lowest BCUT2D eigenvalue weighted by atomic mass is 10.0. The largest absolute Gasteiger partial charge is 0.307 e. The van der Waals surface area contributed by atoms with E-state index in [1.54, 1.807) is 0 Å². The van der Waals surface area contributed by atoms with Gasteiger partial charge in [0, 0.05) is 3.57 Å². The number of likely N-dealkylation sites (N-methyl/N-ethyl adjacent to an activating group) is 1. The monoisotopic (exact) mass is 315 g/mol. The molecule has 1 nitrogen and oxygen atoms in total. The highest BCUT2D eigenvalue weighted by molar-refractivity contribution is 14.1. The molecular formula is C13H18IN. The Morgan fingerprint density at radius 3 is 2.73 bits per heavy atom. The molecular weight excluding hydrogens is 297 g/mol. The summed E-state index contributed by atoms with van der Waals surface area (Å²) >= 11 is 2.35. The van der Waals surface area contributed by atoms with Crippen LogP contribution < -0.4 is 5.32 Å². The van der Waals surface area contributed by atoms with Crippen molar-refractivity contribution in [1.82, 2.24) is 5.32 Å². The van der Waals surface area contributed by atoms with Gasteiger partial charge in [-0.25, -0.2) is 0 Å². The number of nitrogens with one attached hydrogen (secondary N) is 1. The minimum absolute atomic E-state index is 0.342. The van der Waals surface area contributed by atoms with E-state index in [9.17, 15) is 0 Å². The van der Waals surface area contributed by atoms with Gasteiger partial charge in [0.25, 0.3) is 0 Å². The van der Waals surface area contributed by atoms with E-state index in [0.717, 1.165) is 6.54 Å². The van der Waals surface area contributed by atoms with Gasteiger partial charge < -0.3 is 5.32 Å². The van der Waals surface area contributed by atoms with Crippen LogP contribution >= 0.6 is 22.6 Å². The van der Waals surface area contributed by atoms with E-state index in [4.69, 9.17) is 0 Å². The zero-order valence-corrected chi connectivity index (χ0v) is 11.7. The third kappa shape index (κ3) is 4.34. The summed E-state index contributed by atoms with van der Waals surface area (Å²) in [5.74, 6) is 0. The van der Waals surface area contributed by atoms with Crippen LogP contribution in [0, 0.1) is 3.57 Å². The van der Waals surface area contributed by atoms with E-state index in [1.807, 2.05) is 0 Å². The van der Waals surface area contributed by atoms with Crippen molar-refractivity contribution in [3.8, 4) is 0 Å². The third-order valence-corrected chi connectivity index (χ3v) is 2.80. The molecule has 1 atom stereocenters. The highest BCUT2D eigenvalue weighted by Crippen LogP contribution is 2.18. The predicted molar refractivity (Wildman–Crippen MR) is 75.0 cm³/mol. The van der Waals surface area contributed by atoms with Gasteiger partial charge in [-0.05, 0) is 60.7 Å². The molecule has 0 saturated carbocycles. The lowest BCUT2D eigenvalue weighted by Gasteiger charge is -2.15. The van der Waals surface area contributed by atoms with Crippen molar-refractivity contribution in [2.75, 3.05) is 6.54 Å². The van der Waals surface area contributed by atoms with Crippen molar-refractivity contribution in [1.29, 1.82) is 0 Å². The maximum atomic E-state index is 3.48. The minimum Gasteiger partial charge on any atom is -0.307 e. The molecule has 1 aromatic carbocycles. The van der Waals surface area contributed by atoms with Gasteiger partial charge in [0.15, 0.2) is 0 Å². The summed E-state index contributed by atoms with van der Waals surface area (Å²) in [5.41, 5.74) is 2.68. The van der Waals surface area contributed by atoms with Gasteiger partial charge in [-0.3, -0.25) is 0 Å². The quantitative estimate of drug-likeness (QED) is 0.656. The molecule has 2 heteroatoms. The van der Waals surface area contributed by atoms with Gasteiger partial charge in [-0.15, -0.1) is 0 Å². The highest BCUT2D eigenvalue weighted by atomic mass is 127. The first-order valence-electron chi connectivity index (χ1n) is 5.27. The molecule has 82 valence electrons. The molecule has 0 heterocycles. The maximum absolute atomic E-state index is 3.48. The van der Waals surface area contributed by atoms with Gasteiger partial charge >= 0.3 is 0 Å². The number of rotatable bonds is 4. The lowest BCUT2D eigenvalue weighted by molar-refractivity contribution is 0.644. The summed E-state index contributed by atoms with van der Waals surface area (Å²) < 4.78 is 1.29. The Bertz CT molecular complexity index is 340.